The van der Waals surface area contributed by atoms with Crippen LogP contribution in [-0.4, -0.2) is 31.1 Å². The first kappa shape index (κ1) is 14.5. The van der Waals surface area contributed by atoms with E-state index in [9.17, 15) is 0 Å². The van der Waals surface area contributed by atoms with Gasteiger partial charge in [-0.2, -0.15) is 0 Å². The molecular weight excluding hydrogens is 232 g/mol. The number of benzene rings is 1. The van der Waals surface area contributed by atoms with E-state index in [2.05, 4.69) is 56.1 Å². The Labute approximate surface area is 118 Å². The van der Waals surface area contributed by atoms with Gasteiger partial charge in [0.1, 0.15) is 0 Å². The number of nitrogens with one attached hydrogen (secondary N) is 1. The second-order valence-corrected chi connectivity index (χ2v) is 6.04. The van der Waals surface area contributed by atoms with Gasteiger partial charge in [0.15, 0.2) is 0 Å². The van der Waals surface area contributed by atoms with Gasteiger partial charge in [0, 0.05) is 32.2 Å². The molecule has 1 unspecified atom stereocenters. The third-order valence-corrected chi connectivity index (χ3v) is 4.31. The number of rotatable bonds is 4. The molecule has 1 saturated heterocycles. The highest BCUT2D eigenvalue weighted by Crippen LogP contribution is 2.32. The molecule has 0 bridgehead atoms. The second kappa shape index (κ2) is 6.53. The summed E-state index contributed by atoms with van der Waals surface area (Å²) in [5.74, 6) is 0.708. The summed E-state index contributed by atoms with van der Waals surface area (Å²) in [6.45, 7) is 13.7. The average Bonchev–Trinajstić information content (AvgIpc) is 2.39. The molecule has 1 aromatic rings. The van der Waals surface area contributed by atoms with E-state index in [1.807, 2.05) is 0 Å². The molecule has 1 fully saturated rings. The van der Waals surface area contributed by atoms with Gasteiger partial charge in [-0.3, -0.25) is 4.90 Å². The van der Waals surface area contributed by atoms with Gasteiger partial charge in [-0.15, -0.1) is 0 Å². The fourth-order valence-electron chi connectivity index (χ4n) is 3.26. The van der Waals surface area contributed by atoms with Crippen LogP contribution in [0.15, 0.2) is 18.2 Å². The van der Waals surface area contributed by atoms with E-state index in [1.165, 1.54) is 36.2 Å². The molecule has 1 aliphatic heterocycles. The van der Waals surface area contributed by atoms with Crippen LogP contribution in [0, 0.1) is 19.8 Å². The monoisotopic (exact) mass is 260 g/mol. The van der Waals surface area contributed by atoms with Crippen molar-refractivity contribution in [1.29, 1.82) is 0 Å². The van der Waals surface area contributed by atoms with Crippen molar-refractivity contribution >= 4 is 0 Å². The Morgan fingerprint density at radius 1 is 1.11 bits per heavy atom. The molecule has 2 heteroatoms. The smallest absolute Gasteiger partial charge is 0.0374 e. The Hall–Kier alpha value is -0.860. The lowest BCUT2D eigenvalue weighted by Crippen LogP contribution is -2.46. The number of hydrogen-bond acceptors (Lipinski definition) is 2. The van der Waals surface area contributed by atoms with Crippen LogP contribution >= 0.6 is 0 Å². The summed E-state index contributed by atoms with van der Waals surface area (Å²) in [6, 6.07) is 7.61. The van der Waals surface area contributed by atoms with E-state index in [0.717, 1.165) is 13.1 Å². The third-order valence-electron chi connectivity index (χ3n) is 4.31. The predicted molar refractivity (Wildman–Crippen MR) is 82.6 cm³/mol. The maximum atomic E-state index is 3.46. The highest BCUT2D eigenvalue weighted by Gasteiger charge is 2.26. The zero-order valence-electron chi connectivity index (χ0n) is 12.9. The lowest BCUT2D eigenvalue weighted by Gasteiger charge is -2.38. The van der Waals surface area contributed by atoms with Crippen LogP contribution in [0.25, 0.3) is 0 Å². The Kier molecular flexibility index (Phi) is 5.00. The first-order chi connectivity index (χ1) is 9.11. The van der Waals surface area contributed by atoms with E-state index >= 15 is 0 Å². The van der Waals surface area contributed by atoms with Crippen molar-refractivity contribution in [3.63, 3.8) is 0 Å². The molecule has 19 heavy (non-hydrogen) atoms. The summed E-state index contributed by atoms with van der Waals surface area (Å²) in [4.78, 5) is 2.67. The van der Waals surface area contributed by atoms with Crippen LogP contribution in [-0.2, 0) is 0 Å². The van der Waals surface area contributed by atoms with E-state index < -0.39 is 0 Å². The number of aryl methyl sites for hydroxylation is 2. The topological polar surface area (TPSA) is 15.3 Å². The minimum atomic E-state index is 0.575. The maximum Gasteiger partial charge on any atom is 0.0374 e. The minimum absolute atomic E-state index is 0.575. The van der Waals surface area contributed by atoms with E-state index in [-0.39, 0.29) is 0 Å². The van der Waals surface area contributed by atoms with Gasteiger partial charge in [0.25, 0.3) is 0 Å². The van der Waals surface area contributed by atoms with Crippen LogP contribution in [0.1, 0.15) is 43.0 Å². The largest absolute Gasteiger partial charge is 0.314 e. The normalized spacial score (nSPS) is 20.2. The summed E-state index contributed by atoms with van der Waals surface area (Å²) >= 11 is 0. The van der Waals surface area contributed by atoms with Gasteiger partial charge in [-0.25, -0.2) is 0 Å². The molecule has 2 nitrogen and oxygen atoms in total. The molecule has 0 spiro atoms. The molecule has 0 aromatic heterocycles. The number of nitrogens with zero attached hydrogens (tertiary/aromatic N) is 1. The molecule has 2 atom stereocenters. The average molecular weight is 260 g/mol. The van der Waals surface area contributed by atoms with Crippen molar-refractivity contribution in [2.75, 3.05) is 26.2 Å². The lowest BCUT2D eigenvalue weighted by atomic mass is 9.89. The Morgan fingerprint density at radius 3 is 2.21 bits per heavy atom. The Bertz CT molecular complexity index is 387. The van der Waals surface area contributed by atoms with E-state index in [1.54, 1.807) is 0 Å². The van der Waals surface area contributed by atoms with Crippen molar-refractivity contribution in [2.24, 2.45) is 5.92 Å². The van der Waals surface area contributed by atoms with Crippen molar-refractivity contribution in [2.45, 2.75) is 40.2 Å². The van der Waals surface area contributed by atoms with Crippen LogP contribution in [0.2, 0.25) is 0 Å². The summed E-state index contributed by atoms with van der Waals surface area (Å²) in [7, 11) is 0. The molecule has 0 amide bonds. The Morgan fingerprint density at radius 2 is 1.68 bits per heavy atom. The first-order valence-electron chi connectivity index (χ1n) is 7.64. The standard InChI is InChI=1S/C17H28N2/c1-5-15(4)17(19-8-6-18-7-9-19)16-11-13(2)10-14(3)12-16/h10-12,15,17-18H,5-9H2,1-4H3/t15?,17-/m1/s1. The molecule has 106 valence electrons. The van der Waals surface area contributed by atoms with Crippen molar-refractivity contribution in [3.8, 4) is 0 Å². The van der Waals surface area contributed by atoms with E-state index in [0.29, 0.717) is 12.0 Å². The summed E-state index contributed by atoms with van der Waals surface area (Å²) in [5, 5.41) is 3.46. The number of piperazine rings is 1. The van der Waals surface area contributed by atoms with Gasteiger partial charge in [-0.05, 0) is 25.3 Å². The lowest BCUT2D eigenvalue weighted by molar-refractivity contribution is 0.128. The van der Waals surface area contributed by atoms with Gasteiger partial charge in [0.05, 0.1) is 0 Å². The zero-order valence-corrected chi connectivity index (χ0v) is 12.9. The van der Waals surface area contributed by atoms with Gasteiger partial charge in [-0.1, -0.05) is 49.6 Å². The fraction of sp³-hybridized carbons (Fsp3) is 0.647. The molecule has 1 aromatic carbocycles. The molecule has 1 heterocycles. The molecule has 0 aliphatic carbocycles. The summed E-state index contributed by atoms with van der Waals surface area (Å²) in [5.41, 5.74) is 4.28. The minimum Gasteiger partial charge on any atom is -0.314 e. The quantitative estimate of drug-likeness (QED) is 0.893. The van der Waals surface area contributed by atoms with Crippen LogP contribution in [0.3, 0.4) is 0 Å². The van der Waals surface area contributed by atoms with Crippen molar-refractivity contribution in [3.05, 3.63) is 34.9 Å². The highest BCUT2D eigenvalue weighted by atomic mass is 15.2. The fourth-order valence-corrected chi connectivity index (χ4v) is 3.26. The second-order valence-electron chi connectivity index (χ2n) is 6.04. The summed E-state index contributed by atoms with van der Waals surface area (Å²) in [6.07, 6.45) is 1.24. The molecular formula is C17H28N2. The van der Waals surface area contributed by atoms with Gasteiger partial charge in [0.2, 0.25) is 0 Å². The predicted octanol–water partition coefficient (Wildman–Crippen LogP) is 3.30. The van der Waals surface area contributed by atoms with Gasteiger partial charge < -0.3 is 5.32 Å². The molecule has 2 rings (SSSR count). The third kappa shape index (κ3) is 3.58. The number of hydrogen-bond donors (Lipinski definition) is 1. The molecule has 0 radical (unpaired) electrons. The van der Waals surface area contributed by atoms with E-state index in [4.69, 9.17) is 0 Å². The zero-order chi connectivity index (χ0) is 13.8. The molecule has 1 aliphatic rings. The SMILES string of the molecule is CCC(C)[C@H](c1cc(C)cc(C)c1)N1CCNCC1. The van der Waals surface area contributed by atoms with Crippen LogP contribution in [0.5, 0.6) is 0 Å². The van der Waals surface area contributed by atoms with Crippen LogP contribution in [0.4, 0.5) is 0 Å². The Balaban J connectivity index is 2.30. The van der Waals surface area contributed by atoms with Gasteiger partial charge >= 0.3 is 0 Å². The maximum absolute atomic E-state index is 3.46. The molecule has 1 N–H and O–H groups in total. The van der Waals surface area contributed by atoms with Crippen molar-refractivity contribution in [1.82, 2.24) is 10.2 Å². The first-order valence-corrected chi connectivity index (χ1v) is 7.64. The highest BCUT2D eigenvalue weighted by molar-refractivity contribution is 5.31. The van der Waals surface area contributed by atoms with Crippen LogP contribution < -0.4 is 5.32 Å². The molecule has 0 saturated carbocycles. The van der Waals surface area contributed by atoms with Crippen molar-refractivity contribution < 1.29 is 0 Å². The summed E-state index contributed by atoms with van der Waals surface area (Å²) < 4.78 is 0.